The molecule has 4 N–H and O–H groups in total. The van der Waals surface area contributed by atoms with Gasteiger partial charge >= 0.3 is 6.03 Å². The fourth-order valence-corrected chi connectivity index (χ4v) is 1.86. The van der Waals surface area contributed by atoms with Crippen molar-refractivity contribution >= 4 is 29.2 Å². The Kier molecular flexibility index (Phi) is 6.21. The first-order chi connectivity index (χ1) is 12.5. The van der Waals surface area contributed by atoms with Crippen LogP contribution in [0.15, 0.2) is 54.6 Å². The van der Waals surface area contributed by atoms with E-state index in [2.05, 4.69) is 21.5 Å². The van der Waals surface area contributed by atoms with Crippen molar-refractivity contribution in [2.45, 2.75) is 0 Å². The van der Waals surface area contributed by atoms with Crippen LogP contribution < -0.4 is 21.5 Å². The van der Waals surface area contributed by atoms with Gasteiger partial charge in [0.05, 0.1) is 4.92 Å². The first-order valence-corrected chi connectivity index (χ1v) is 7.39. The predicted molar refractivity (Wildman–Crippen MR) is 92.2 cm³/mol. The second-order valence-corrected chi connectivity index (χ2v) is 4.98. The molecule has 26 heavy (non-hydrogen) atoms. The molecule has 0 spiro atoms. The lowest BCUT2D eigenvalue weighted by molar-refractivity contribution is -0.384. The third kappa shape index (κ3) is 5.60. The highest BCUT2D eigenvalue weighted by atomic mass is 16.6. The largest absolute Gasteiger partial charge is 0.329 e. The minimum atomic E-state index is -0.726. The Labute approximate surface area is 147 Å². The summed E-state index contributed by atoms with van der Waals surface area (Å²) in [5.41, 5.74) is 4.52. The summed E-state index contributed by atoms with van der Waals surface area (Å²) in [6.45, 7) is -0.381. The third-order valence-corrected chi connectivity index (χ3v) is 3.08. The molecule has 0 bridgehead atoms. The van der Waals surface area contributed by atoms with Gasteiger partial charge in [0.15, 0.2) is 0 Å². The van der Waals surface area contributed by atoms with Gasteiger partial charge in [0.2, 0.25) is 0 Å². The Bertz CT molecular complexity index is 825. The topological polar surface area (TPSA) is 142 Å². The molecule has 0 saturated carbocycles. The van der Waals surface area contributed by atoms with Crippen molar-refractivity contribution in [2.75, 3.05) is 11.9 Å². The van der Waals surface area contributed by atoms with Crippen molar-refractivity contribution in [3.63, 3.8) is 0 Å². The zero-order valence-electron chi connectivity index (χ0n) is 13.4. The Hall–Kier alpha value is -3.95. The van der Waals surface area contributed by atoms with Gasteiger partial charge in [0.1, 0.15) is 6.54 Å². The Morgan fingerprint density at radius 1 is 0.962 bits per heavy atom. The lowest BCUT2D eigenvalue weighted by Gasteiger charge is -2.09. The standard InChI is InChI=1S/C16H15N5O5/c22-14(10-17-16(24)18-12-6-2-1-3-7-12)19-20-15(23)11-5-4-8-13(9-11)21(25)26/h1-9H,10H2,(H,19,22)(H,20,23)(H2,17,18,24). The molecule has 2 rings (SSSR count). The molecule has 0 unspecified atom stereocenters. The summed E-state index contributed by atoms with van der Waals surface area (Å²) in [7, 11) is 0. The number of benzene rings is 2. The van der Waals surface area contributed by atoms with E-state index in [0.29, 0.717) is 5.69 Å². The van der Waals surface area contributed by atoms with Gasteiger partial charge < -0.3 is 10.6 Å². The van der Waals surface area contributed by atoms with E-state index >= 15 is 0 Å². The van der Waals surface area contributed by atoms with Crippen molar-refractivity contribution in [1.82, 2.24) is 16.2 Å². The second-order valence-electron chi connectivity index (χ2n) is 4.98. The van der Waals surface area contributed by atoms with Crippen LogP contribution in [0.25, 0.3) is 0 Å². The fraction of sp³-hybridized carbons (Fsp3) is 0.0625. The van der Waals surface area contributed by atoms with Gasteiger partial charge in [-0.3, -0.25) is 30.6 Å². The molecule has 4 amide bonds. The third-order valence-electron chi connectivity index (χ3n) is 3.08. The number of anilines is 1. The SMILES string of the molecule is O=C(CNC(=O)Nc1ccccc1)NNC(=O)c1cccc([N+](=O)[O-])c1. The van der Waals surface area contributed by atoms with Crippen molar-refractivity contribution in [3.8, 4) is 0 Å². The summed E-state index contributed by atoms with van der Waals surface area (Å²) in [4.78, 5) is 45.2. The highest BCUT2D eigenvalue weighted by Crippen LogP contribution is 2.12. The number of amides is 4. The number of carbonyl (C=O) groups is 3. The molecule has 2 aromatic carbocycles. The first-order valence-electron chi connectivity index (χ1n) is 7.39. The van der Waals surface area contributed by atoms with E-state index < -0.39 is 22.8 Å². The molecule has 10 nitrogen and oxygen atoms in total. The van der Waals surface area contributed by atoms with Gasteiger partial charge in [-0.25, -0.2) is 4.79 Å². The van der Waals surface area contributed by atoms with Crippen LogP contribution in [0.2, 0.25) is 0 Å². The van der Waals surface area contributed by atoms with E-state index in [-0.39, 0.29) is 17.8 Å². The quantitative estimate of drug-likeness (QED) is 0.469. The number of nitro benzene ring substituents is 1. The number of nitrogens with zero attached hydrogens (tertiary/aromatic N) is 1. The number of hydrogen-bond donors (Lipinski definition) is 4. The Morgan fingerprint density at radius 2 is 1.69 bits per heavy atom. The molecular formula is C16H15N5O5. The van der Waals surface area contributed by atoms with Crippen molar-refractivity contribution < 1.29 is 19.3 Å². The van der Waals surface area contributed by atoms with Gasteiger partial charge in [0, 0.05) is 23.4 Å². The molecule has 134 valence electrons. The van der Waals surface area contributed by atoms with Gasteiger partial charge in [-0.2, -0.15) is 0 Å². The molecule has 0 aromatic heterocycles. The van der Waals surface area contributed by atoms with E-state index in [1.807, 2.05) is 0 Å². The maximum absolute atomic E-state index is 11.9. The van der Waals surface area contributed by atoms with Crippen LogP contribution in [0, 0.1) is 10.1 Å². The molecule has 0 atom stereocenters. The monoisotopic (exact) mass is 357 g/mol. The van der Waals surface area contributed by atoms with Crippen LogP contribution in [0.5, 0.6) is 0 Å². The number of carbonyl (C=O) groups excluding carboxylic acids is 3. The number of para-hydroxylation sites is 1. The molecule has 10 heteroatoms. The number of non-ortho nitro benzene ring substituents is 1. The summed E-state index contributed by atoms with van der Waals surface area (Å²) in [6, 6.07) is 13.1. The van der Waals surface area contributed by atoms with Crippen LogP contribution in [-0.2, 0) is 4.79 Å². The molecule has 0 heterocycles. The molecule has 0 aliphatic carbocycles. The molecule has 2 aromatic rings. The summed E-state index contributed by atoms with van der Waals surface area (Å²) >= 11 is 0. The highest BCUT2D eigenvalue weighted by molar-refractivity contribution is 5.96. The number of rotatable bonds is 5. The lowest BCUT2D eigenvalue weighted by atomic mass is 10.2. The predicted octanol–water partition coefficient (Wildman–Crippen LogP) is 1.18. The van der Waals surface area contributed by atoms with Crippen molar-refractivity contribution in [1.29, 1.82) is 0 Å². The zero-order valence-corrected chi connectivity index (χ0v) is 13.4. The smallest absolute Gasteiger partial charge is 0.319 e. The van der Waals surface area contributed by atoms with Crippen molar-refractivity contribution in [3.05, 3.63) is 70.3 Å². The average Bonchev–Trinajstić information content (AvgIpc) is 2.65. The van der Waals surface area contributed by atoms with Crippen LogP contribution in [0.4, 0.5) is 16.2 Å². The van der Waals surface area contributed by atoms with Gasteiger partial charge in [-0.15, -0.1) is 0 Å². The molecule has 0 saturated heterocycles. The van der Waals surface area contributed by atoms with Gasteiger partial charge in [-0.1, -0.05) is 24.3 Å². The average molecular weight is 357 g/mol. The Morgan fingerprint density at radius 3 is 2.38 bits per heavy atom. The number of nitro groups is 1. The van der Waals surface area contributed by atoms with Crippen LogP contribution >= 0.6 is 0 Å². The van der Waals surface area contributed by atoms with E-state index in [1.165, 1.54) is 18.2 Å². The van der Waals surface area contributed by atoms with E-state index in [0.717, 1.165) is 6.07 Å². The van der Waals surface area contributed by atoms with Gasteiger partial charge in [-0.05, 0) is 18.2 Å². The van der Waals surface area contributed by atoms with E-state index in [9.17, 15) is 24.5 Å². The minimum Gasteiger partial charge on any atom is -0.329 e. The molecule has 0 fully saturated rings. The molecule has 0 radical (unpaired) electrons. The number of hydrazine groups is 1. The number of urea groups is 1. The van der Waals surface area contributed by atoms with Crippen LogP contribution in [-0.4, -0.2) is 29.3 Å². The molecule has 0 aliphatic rings. The number of nitrogens with one attached hydrogen (secondary N) is 4. The number of hydrogen-bond acceptors (Lipinski definition) is 5. The maximum Gasteiger partial charge on any atom is 0.319 e. The second kappa shape index (κ2) is 8.78. The van der Waals surface area contributed by atoms with Crippen LogP contribution in [0.1, 0.15) is 10.4 Å². The van der Waals surface area contributed by atoms with Crippen LogP contribution in [0.3, 0.4) is 0 Å². The minimum absolute atomic E-state index is 0.00859. The van der Waals surface area contributed by atoms with Gasteiger partial charge in [0.25, 0.3) is 17.5 Å². The fourth-order valence-electron chi connectivity index (χ4n) is 1.86. The normalized spacial score (nSPS) is 9.69. The van der Waals surface area contributed by atoms with E-state index in [1.54, 1.807) is 30.3 Å². The summed E-state index contributed by atoms with van der Waals surface area (Å²) in [6.07, 6.45) is 0. The summed E-state index contributed by atoms with van der Waals surface area (Å²) in [5, 5.41) is 15.5. The molecular weight excluding hydrogens is 342 g/mol. The maximum atomic E-state index is 11.9. The van der Waals surface area contributed by atoms with E-state index in [4.69, 9.17) is 0 Å². The first kappa shape index (κ1) is 18.4. The highest BCUT2D eigenvalue weighted by Gasteiger charge is 2.12. The zero-order chi connectivity index (χ0) is 18.9. The molecule has 0 aliphatic heterocycles. The van der Waals surface area contributed by atoms with Crippen molar-refractivity contribution in [2.24, 2.45) is 0 Å². The summed E-state index contributed by atoms with van der Waals surface area (Å²) in [5.74, 6) is -1.40. The summed E-state index contributed by atoms with van der Waals surface area (Å²) < 4.78 is 0. The lowest BCUT2D eigenvalue weighted by Crippen LogP contribution is -2.47. The Balaban J connectivity index is 1.76.